The van der Waals surface area contributed by atoms with Crippen molar-refractivity contribution >= 4 is 5.78 Å². The average molecular weight is 213 g/mol. The van der Waals surface area contributed by atoms with E-state index in [1.54, 1.807) is 24.3 Å². The van der Waals surface area contributed by atoms with Crippen LogP contribution in [-0.4, -0.2) is 15.9 Å². The zero-order valence-electron chi connectivity index (χ0n) is 8.84. The Hall–Kier alpha value is -2.16. The van der Waals surface area contributed by atoms with Crippen LogP contribution in [0.4, 0.5) is 0 Å². The molecule has 0 unspecified atom stereocenters. The van der Waals surface area contributed by atoms with E-state index in [2.05, 4.69) is 4.98 Å². The van der Waals surface area contributed by atoms with Gasteiger partial charge in [-0.05, 0) is 25.1 Å². The van der Waals surface area contributed by atoms with Crippen LogP contribution in [0.15, 0.2) is 42.6 Å². The molecule has 0 aliphatic rings. The van der Waals surface area contributed by atoms with E-state index in [0.29, 0.717) is 5.56 Å². The van der Waals surface area contributed by atoms with Gasteiger partial charge < -0.3 is 5.11 Å². The predicted molar refractivity (Wildman–Crippen MR) is 61.3 cm³/mol. The number of hydrogen-bond donors (Lipinski definition) is 1. The first-order valence-corrected chi connectivity index (χ1v) is 4.93. The first-order chi connectivity index (χ1) is 7.66. The lowest BCUT2D eigenvalue weighted by Crippen LogP contribution is -1.92. The topological polar surface area (TPSA) is 50.2 Å². The fraction of sp³-hybridized carbons (Fsp3) is 0.0769. The molecule has 16 heavy (non-hydrogen) atoms. The van der Waals surface area contributed by atoms with Crippen LogP contribution < -0.4 is 0 Å². The van der Waals surface area contributed by atoms with Gasteiger partial charge in [0.1, 0.15) is 5.75 Å². The van der Waals surface area contributed by atoms with Gasteiger partial charge in [-0.1, -0.05) is 18.2 Å². The van der Waals surface area contributed by atoms with Crippen molar-refractivity contribution < 1.29 is 9.90 Å². The molecule has 0 amide bonds. The van der Waals surface area contributed by atoms with Crippen molar-refractivity contribution in [3.63, 3.8) is 0 Å². The standard InChI is InChI=1S/C13H11NO2/c1-9(15)10-3-2-4-11(7-10)13-6-5-12(16)8-14-13/h2-8,16H,1H3. The molecule has 80 valence electrons. The van der Waals surface area contributed by atoms with E-state index in [9.17, 15) is 4.79 Å². The van der Waals surface area contributed by atoms with Crippen LogP contribution in [0.5, 0.6) is 5.75 Å². The van der Waals surface area contributed by atoms with Crippen molar-refractivity contribution in [2.45, 2.75) is 6.92 Å². The minimum Gasteiger partial charge on any atom is -0.506 e. The quantitative estimate of drug-likeness (QED) is 0.780. The van der Waals surface area contributed by atoms with Crippen LogP contribution in [0.25, 0.3) is 11.3 Å². The molecule has 1 aromatic heterocycles. The minimum atomic E-state index is 0.0284. The van der Waals surface area contributed by atoms with Gasteiger partial charge in [0.15, 0.2) is 5.78 Å². The Morgan fingerprint density at radius 2 is 2.06 bits per heavy atom. The lowest BCUT2D eigenvalue weighted by molar-refractivity contribution is 0.101. The smallest absolute Gasteiger partial charge is 0.159 e. The third-order valence-corrected chi connectivity index (χ3v) is 2.31. The van der Waals surface area contributed by atoms with Gasteiger partial charge in [0.25, 0.3) is 0 Å². The first kappa shape index (κ1) is 10.4. The summed E-state index contributed by atoms with van der Waals surface area (Å²) in [5.41, 5.74) is 2.26. The highest BCUT2D eigenvalue weighted by molar-refractivity contribution is 5.95. The molecule has 0 aliphatic heterocycles. The van der Waals surface area contributed by atoms with Crippen molar-refractivity contribution in [2.75, 3.05) is 0 Å². The molecule has 2 aromatic rings. The summed E-state index contributed by atoms with van der Waals surface area (Å²) in [6.45, 7) is 1.53. The van der Waals surface area contributed by atoms with Gasteiger partial charge >= 0.3 is 0 Å². The highest BCUT2D eigenvalue weighted by atomic mass is 16.3. The molecule has 0 radical (unpaired) electrons. The molecule has 2 rings (SSSR count). The van der Waals surface area contributed by atoms with Crippen molar-refractivity contribution in [2.24, 2.45) is 0 Å². The lowest BCUT2D eigenvalue weighted by atomic mass is 10.1. The number of aromatic hydroxyl groups is 1. The predicted octanol–water partition coefficient (Wildman–Crippen LogP) is 2.66. The Morgan fingerprint density at radius 1 is 1.25 bits per heavy atom. The highest BCUT2D eigenvalue weighted by Gasteiger charge is 2.03. The molecule has 0 spiro atoms. The van der Waals surface area contributed by atoms with Gasteiger partial charge in [0.05, 0.1) is 11.9 Å². The molecular weight excluding hydrogens is 202 g/mol. The van der Waals surface area contributed by atoms with E-state index >= 15 is 0 Å². The van der Waals surface area contributed by atoms with Crippen LogP contribution in [0.3, 0.4) is 0 Å². The zero-order chi connectivity index (χ0) is 11.5. The fourth-order valence-corrected chi connectivity index (χ4v) is 1.45. The number of pyridine rings is 1. The fourth-order valence-electron chi connectivity index (χ4n) is 1.45. The van der Waals surface area contributed by atoms with Crippen LogP contribution in [-0.2, 0) is 0 Å². The zero-order valence-corrected chi connectivity index (χ0v) is 8.84. The third kappa shape index (κ3) is 2.08. The normalized spacial score (nSPS) is 10.1. The van der Waals surface area contributed by atoms with Crippen molar-refractivity contribution in [1.82, 2.24) is 4.98 Å². The second kappa shape index (κ2) is 4.14. The Labute approximate surface area is 93.4 Å². The molecule has 1 N–H and O–H groups in total. The minimum absolute atomic E-state index is 0.0284. The Bertz CT molecular complexity index is 518. The SMILES string of the molecule is CC(=O)c1cccc(-c2ccc(O)cn2)c1. The second-order valence-corrected chi connectivity index (χ2v) is 3.54. The molecule has 0 bridgehead atoms. The summed E-state index contributed by atoms with van der Waals surface area (Å²) in [6.07, 6.45) is 1.38. The van der Waals surface area contributed by atoms with Crippen LogP contribution in [0, 0.1) is 0 Å². The van der Waals surface area contributed by atoms with Crippen LogP contribution in [0.2, 0.25) is 0 Å². The van der Waals surface area contributed by atoms with Crippen LogP contribution >= 0.6 is 0 Å². The second-order valence-electron chi connectivity index (χ2n) is 3.54. The molecule has 1 aromatic carbocycles. The summed E-state index contributed by atoms with van der Waals surface area (Å²) in [4.78, 5) is 15.3. The summed E-state index contributed by atoms with van der Waals surface area (Å²) in [6, 6.07) is 10.6. The van der Waals surface area contributed by atoms with Gasteiger partial charge in [-0.2, -0.15) is 0 Å². The monoisotopic (exact) mass is 213 g/mol. The number of hydrogen-bond acceptors (Lipinski definition) is 3. The van der Waals surface area contributed by atoms with Crippen molar-refractivity contribution in [3.8, 4) is 17.0 Å². The highest BCUT2D eigenvalue weighted by Crippen LogP contribution is 2.20. The number of ketones is 1. The summed E-state index contributed by atoms with van der Waals surface area (Å²) >= 11 is 0. The average Bonchev–Trinajstić information content (AvgIpc) is 2.30. The molecule has 3 heteroatoms. The molecule has 0 saturated carbocycles. The maximum atomic E-state index is 11.2. The summed E-state index contributed by atoms with van der Waals surface area (Å²) in [7, 11) is 0. The number of rotatable bonds is 2. The van der Waals surface area contributed by atoms with E-state index in [1.165, 1.54) is 13.1 Å². The maximum Gasteiger partial charge on any atom is 0.159 e. The molecule has 0 fully saturated rings. The molecule has 0 atom stereocenters. The Morgan fingerprint density at radius 3 is 2.69 bits per heavy atom. The summed E-state index contributed by atoms with van der Waals surface area (Å²) in [5, 5.41) is 9.13. The number of benzene rings is 1. The van der Waals surface area contributed by atoms with Crippen molar-refractivity contribution in [1.29, 1.82) is 0 Å². The van der Waals surface area contributed by atoms with Gasteiger partial charge in [0, 0.05) is 11.1 Å². The maximum absolute atomic E-state index is 11.2. The molecule has 0 aliphatic carbocycles. The summed E-state index contributed by atoms with van der Waals surface area (Å²) < 4.78 is 0. The van der Waals surface area contributed by atoms with Crippen LogP contribution in [0.1, 0.15) is 17.3 Å². The van der Waals surface area contributed by atoms with Crippen molar-refractivity contribution in [3.05, 3.63) is 48.2 Å². The molecule has 0 saturated heterocycles. The van der Waals surface area contributed by atoms with Gasteiger partial charge in [-0.15, -0.1) is 0 Å². The number of Topliss-reactive ketones (excluding diaryl/α,β-unsaturated/α-hetero) is 1. The van der Waals surface area contributed by atoms with E-state index in [0.717, 1.165) is 11.3 Å². The third-order valence-electron chi connectivity index (χ3n) is 2.31. The largest absolute Gasteiger partial charge is 0.506 e. The van der Waals surface area contributed by atoms with Gasteiger partial charge in [0.2, 0.25) is 0 Å². The molecule has 1 heterocycles. The first-order valence-electron chi connectivity index (χ1n) is 4.93. The van der Waals surface area contributed by atoms with E-state index < -0.39 is 0 Å². The lowest BCUT2D eigenvalue weighted by Gasteiger charge is -2.02. The van der Waals surface area contributed by atoms with E-state index in [1.807, 2.05) is 12.1 Å². The number of nitrogens with zero attached hydrogens (tertiary/aromatic N) is 1. The van der Waals surface area contributed by atoms with Gasteiger partial charge in [-0.3, -0.25) is 9.78 Å². The number of aromatic nitrogens is 1. The van der Waals surface area contributed by atoms with E-state index in [-0.39, 0.29) is 11.5 Å². The van der Waals surface area contributed by atoms with Gasteiger partial charge in [-0.25, -0.2) is 0 Å². The van der Waals surface area contributed by atoms with E-state index in [4.69, 9.17) is 5.11 Å². The summed E-state index contributed by atoms with van der Waals surface area (Å²) in [5.74, 6) is 0.159. The number of carbonyl (C=O) groups is 1. The number of carbonyl (C=O) groups excluding carboxylic acids is 1. The Kier molecular flexibility index (Phi) is 2.68. The Balaban J connectivity index is 2.44. The molecule has 3 nitrogen and oxygen atoms in total. The molecular formula is C13H11NO2.